The molecule has 126 valence electrons. The van der Waals surface area contributed by atoms with Crippen LogP contribution in [0.1, 0.15) is 10.4 Å². The molecule has 0 saturated carbocycles. The van der Waals surface area contributed by atoms with Gasteiger partial charge in [-0.25, -0.2) is 4.79 Å². The SMILES string of the molecule is CN(C)C(=O)c1cccc(NC(=O)NCCSc2ccccc2)c1. The fraction of sp³-hybridized carbons (Fsp3) is 0.222. The van der Waals surface area contributed by atoms with Gasteiger partial charge in [-0.05, 0) is 30.3 Å². The van der Waals surface area contributed by atoms with Crippen LogP contribution in [0.2, 0.25) is 0 Å². The smallest absolute Gasteiger partial charge is 0.319 e. The van der Waals surface area contributed by atoms with Crippen LogP contribution in [0.15, 0.2) is 59.5 Å². The molecule has 0 saturated heterocycles. The first-order valence-electron chi connectivity index (χ1n) is 7.60. The predicted molar refractivity (Wildman–Crippen MR) is 98.6 cm³/mol. The van der Waals surface area contributed by atoms with Gasteiger partial charge >= 0.3 is 6.03 Å². The molecule has 0 aliphatic rings. The Bertz CT molecular complexity index is 690. The van der Waals surface area contributed by atoms with Gasteiger partial charge in [-0.2, -0.15) is 0 Å². The number of hydrogen-bond acceptors (Lipinski definition) is 3. The summed E-state index contributed by atoms with van der Waals surface area (Å²) in [5.41, 5.74) is 1.13. The van der Waals surface area contributed by atoms with Crippen molar-refractivity contribution in [1.82, 2.24) is 10.2 Å². The lowest BCUT2D eigenvalue weighted by Gasteiger charge is -2.12. The lowest BCUT2D eigenvalue weighted by atomic mass is 10.2. The van der Waals surface area contributed by atoms with Crippen molar-refractivity contribution in [2.75, 3.05) is 31.7 Å². The van der Waals surface area contributed by atoms with Crippen LogP contribution in [0.3, 0.4) is 0 Å². The van der Waals surface area contributed by atoms with E-state index >= 15 is 0 Å². The number of urea groups is 1. The molecule has 0 bridgehead atoms. The van der Waals surface area contributed by atoms with E-state index in [4.69, 9.17) is 0 Å². The van der Waals surface area contributed by atoms with Gasteiger partial charge in [0.25, 0.3) is 5.91 Å². The van der Waals surface area contributed by atoms with Crippen molar-refractivity contribution in [3.8, 4) is 0 Å². The van der Waals surface area contributed by atoms with Crippen LogP contribution in [0.25, 0.3) is 0 Å². The van der Waals surface area contributed by atoms with Gasteiger partial charge in [0.1, 0.15) is 0 Å². The zero-order chi connectivity index (χ0) is 17.4. The molecule has 6 heteroatoms. The van der Waals surface area contributed by atoms with Gasteiger partial charge in [0.15, 0.2) is 0 Å². The monoisotopic (exact) mass is 343 g/mol. The maximum Gasteiger partial charge on any atom is 0.319 e. The maximum absolute atomic E-state index is 11.9. The third-order valence-corrected chi connectivity index (χ3v) is 4.19. The van der Waals surface area contributed by atoms with E-state index in [-0.39, 0.29) is 11.9 Å². The number of amides is 3. The average Bonchev–Trinajstić information content (AvgIpc) is 2.59. The number of carbonyl (C=O) groups excluding carboxylic acids is 2. The second-order valence-electron chi connectivity index (χ2n) is 5.32. The second-order valence-corrected chi connectivity index (χ2v) is 6.49. The lowest BCUT2D eigenvalue weighted by molar-refractivity contribution is 0.0827. The maximum atomic E-state index is 11.9. The summed E-state index contributed by atoms with van der Waals surface area (Å²) < 4.78 is 0. The number of hydrogen-bond donors (Lipinski definition) is 2. The van der Waals surface area contributed by atoms with E-state index < -0.39 is 0 Å². The highest BCUT2D eigenvalue weighted by Gasteiger charge is 2.09. The first-order chi connectivity index (χ1) is 11.6. The van der Waals surface area contributed by atoms with Crippen molar-refractivity contribution < 1.29 is 9.59 Å². The molecule has 2 aromatic carbocycles. The summed E-state index contributed by atoms with van der Waals surface area (Å²) in [4.78, 5) is 26.5. The van der Waals surface area contributed by atoms with E-state index in [1.54, 1.807) is 50.1 Å². The summed E-state index contributed by atoms with van der Waals surface area (Å²) in [5, 5.41) is 5.55. The minimum Gasteiger partial charge on any atom is -0.345 e. The summed E-state index contributed by atoms with van der Waals surface area (Å²) in [6.45, 7) is 0.557. The van der Waals surface area contributed by atoms with Crippen molar-refractivity contribution in [2.45, 2.75) is 4.90 Å². The molecule has 2 N–H and O–H groups in total. The number of benzene rings is 2. The highest BCUT2D eigenvalue weighted by molar-refractivity contribution is 7.99. The summed E-state index contributed by atoms with van der Waals surface area (Å²) in [7, 11) is 3.39. The molecule has 0 atom stereocenters. The Morgan fingerprint density at radius 3 is 2.50 bits per heavy atom. The zero-order valence-corrected chi connectivity index (χ0v) is 14.6. The summed E-state index contributed by atoms with van der Waals surface area (Å²) in [5.74, 6) is 0.690. The van der Waals surface area contributed by atoms with Crippen LogP contribution in [0.5, 0.6) is 0 Å². The number of rotatable bonds is 6. The molecule has 0 aliphatic heterocycles. The summed E-state index contributed by atoms with van der Waals surface area (Å²) in [6.07, 6.45) is 0. The number of nitrogens with one attached hydrogen (secondary N) is 2. The molecule has 3 amide bonds. The fourth-order valence-electron chi connectivity index (χ4n) is 2.01. The van der Waals surface area contributed by atoms with Crippen molar-refractivity contribution in [2.24, 2.45) is 0 Å². The minimum atomic E-state index is -0.280. The molecule has 0 heterocycles. The highest BCUT2D eigenvalue weighted by atomic mass is 32.2. The Kier molecular flexibility index (Phi) is 6.69. The van der Waals surface area contributed by atoms with Crippen molar-refractivity contribution in [3.63, 3.8) is 0 Å². The summed E-state index contributed by atoms with van der Waals surface area (Å²) >= 11 is 1.69. The van der Waals surface area contributed by atoms with Gasteiger partial charge in [0, 0.05) is 42.5 Å². The highest BCUT2D eigenvalue weighted by Crippen LogP contribution is 2.16. The molecular weight excluding hydrogens is 322 g/mol. The quantitative estimate of drug-likeness (QED) is 0.625. The van der Waals surface area contributed by atoms with Crippen LogP contribution in [0, 0.1) is 0 Å². The van der Waals surface area contributed by atoms with Gasteiger partial charge in [0.2, 0.25) is 0 Å². The van der Waals surface area contributed by atoms with Gasteiger partial charge in [-0.1, -0.05) is 24.3 Å². The number of anilines is 1. The molecular formula is C18H21N3O2S. The Labute approximate surface area is 146 Å². The van der Waals surface area contributed by atoms with Crippen molar-refractivity contribution in [1.29, 1.82) is 0 Å². The van der Waals surface area contributed by atoms with Crippen molar-refractivity contribution in [3.05, 3.63) is 60.2 Å². The molecule has 0 fully saturated rings. The van der Waals surface area contributed by atoms with Gasteiger partial charge in [-0.3, -0.25) is 4.79 Å². The molecule has 0 aromatic heterocycles. The third kappa shape index (κ3) is 5.62. The molecule has 5 nitrogen and oxygen atoms in total. The van der Waals surface area contributed by atoms with E-state index in [0.29, 0.717) is 17.8 Å². The van der Waals surface area contributed by atoms with Crippen LogP contribution in [-0.2, 0) is 0 Å². The van der Waals surface area contributed by atoms with Crippen LogP contribution in [0.4, 0.5) is 10.5 Å². The van der Waals surface area contributed by atoms with Crippen LogP contribution in [-0.4, -0.2) is 43.2 Å². The minimum absolute atomic E-state index is 0.0988. The van der Waals surface area contributed by atoms with Gasteiger partial charge in [0.05, 0.1) is 0 Å². The largest absolute Gasteiger partial charge is 0.345 e. The van der Waals surface area contributed by atoms with E-state index in [0.717, 1.165) is 5.75 Å². The molecule has 0 unspecified atom stereocenters. The first kappa shape index (κ1) is 17.9. The van der Waals surface area contributed by atoms with Crippen LogP contribution < -0.4 is 10.6 Å². The zero-order valence-electron chi connectivity index (χ0n) is 13.8. The van der Waals surface area contributed by atoms with E-state index in [1.807, 2.05) is 30.3 Å². The average molecular weight is 343 g/mol. The number of nitrogens with zero attached hydrogens (tertiary/aromatic N) is 1. The lowest BCUT2D eigenvalue weighted by Crippen LogP contribution is -2.30. The Morgan fingerprint density at radius 2 is 1.79 bits per heavy atom. The van der Waals surface area contributed by atoms with E-state index in [1.165, 1.54) is 9.80 Å². The Hall–Kier alpha value is -2.47. The number of carbonyl (C=O) groups is 2. The second kappa shape index (κ2) is 8.98. The topological polar surface area (TPSA) is 61.4 Å². The molecule has 24 heavy (non-hydrogen) atoms. The van der Waals surface area contributed by atoms with Crippen LogP contribution >= 0.6 is 11.8 Å². The fourth-order valence-corrected chi connectivity index (χ4v) is 2.80. The molecule has 0 radical (unpaired) electrons. The molecule has 0 spiro atoms. The van der Waals surface area contributed by atoms with Gasteiger partial charge in [-0.15, -0.1) is 11.8 Å². The Balaban J connectivity index is 1.78. The molecule has 0 aliphatic carbocycles. The van der Waals surface area contributed by atoms with E-state index in [2.05, 4.69) is 10.6 Å². The Morgan fingerprint density at radius 1 is 1.04 bits per heavy atom. The first-order valence-corrected chi connectivity index (χ1v) is 8.59. The summed E-state index contributed by atoms with van der Waals surface area (Å²) in [6, 6.07) is 16.7. The third-order valence-electron chi connectivity index (χ3n) is 3.17. The standard InChI is InChI=1S/C18H21N3O2S/c1-21(2)17(22)14-7-6-8-15(13-14)20-18(23)19-11-12-24-16-9-4-3-5-10-16/h3-10,13H,11-12H2,1-2H3,(H2,19,20,23). The predicted octanol–water partition coefficient (Wildman–Crippen LogP) is 3.30. The molecule has 2 rings (SSSR count). The number of thioether (sulfide) groups is 1. The normalized spacial score (nSPS) is 10.1. The van der Waals surface area contributed by atoms with Gasteiger partial charge < -0.3 is 15.5 Å². The van der Waals surface area contributed by atoms with E-state index in [9.17, 15) is 9.59 Å². The molecule has 2 aromatic rings. The van der Waals surface area contributed by atoms with Crippen molar-refractivity contribution >= 4 is 29.4 Å².